The summed E-state index contributed by atoms with van der Waals surface area (Å²) in [5.74, 6) is 0. The Hall–Kier alpha value is -3.91. The SMILES string of the molecule is Cc1cc2c(cc1C)c1cc(-c3ccccc3C)nn1c1cccc(-c3ccccc3C)c21. The first-order valence-electron chi connectivity index (χ1n) is 11.5. The van der Waals surface area contributed by atoms with Gasteiger partial charge in [-0.05, 0) is 84.7 Å². The quantitative estimate of drug-likeness (QED) is 0.255. The fourth-order valence-electron chi connectivity index (χ4n) is 5.08. The number of nitrogens with zero attached hydrogens (tertiary/aromatic N) is 2. The Balaban J connectivity index is 1.82. The van der Waals surface area contributed by atoms with E-state index in [-0.39, 0.29) is 0 Å². The standard InChI is InChI=1S/C31H26N2/c1-19-10-5-7-12-23(19)25-14-9-15-29-31(25)27-17-22(4)21(3)16-26(27)30-18-28(32-33(29)30)24-13-8-6-11-20(24)2/h5-18H,1-4H3. The van der Waals surface area contributed by atoms with E-state index < -0.39 is 0 Å². The van der Waals surface area contributed by atoms with Crippen LogP contribution in [0, 0.1) is 27.7 Å². The van der Waals surface area contributed by atoms with Gasteiger partial charge in [-0.15, -0.1) is 0 Å². The Labute approximate surface area is 194 Å². The average molecular weight is 427 g/mol. The van der Waals surface area contributed by atoms with Crippen LogP contribution in [-0.4, -0.2) is 9.61 Å². The van der Waals surface area contributed by atoms with Gasteiger partial charge in [-0.25, -0.2) is 4.52 Å². The third-order valence-electron chi connectivity index (χ3n) is 7.02. The van der Waals surface area contributed by atoms with Gasteiger partial charge in [0.15, 0.2) is 0 Å². The van der Waals surface area contributed by atoms with E-state index in [2.05, 4.69) is 117 Å². The molecule has 6 rings (SSSR count). The maximum absolute atomic E-state index is 5.15. The monoisotopic (exact) mass is 426 g/mol. The van der Waals surface area contributed by atoms with Crippen molar-refractivity contribution in [3.63, 3.8) is 0 Å². The highest BCUT2D eigenvalue weighted by molar-refractivity contribution is 6.18. The number of aromatic nitrogens is 2. The molecule has 0 bridgehead atoms. The van der Waals surface area contributed by atoms with Crippen molar-refractivity contribution in [3.8, 4) is 22.4 Å². The van der Waals surface area contributed by atoms with Crippen LogP contribution in [-0.2, 0) is 0 Å². The van der Waals surface area contributed by atoms with Gasteiger partial charge in [0.2, 0.25) is 0 Å². The van der Waals surface area contributed by atoms with Gasteiger partial charge in [-0.3, -0.25) is 0 Å². The molecule has 0 fully saturated rings. The Morgan fingerprint density at radius 3 is 1.82 bits per heavy atom. The van der Waals surface area contributed by atoms with Gasteiger partial charge >= 0.3 is 0 Å². The topological polar surface area (TPSA) is 17.3 Å². The van der Waals surface area contributed by atoms with Gasteiger partial charge in [0.25, 0.3) is 0 Å². The molecule has 2 aromatic heterocycles. The second-order valence-electron chi connectivity index (χ2n) is 9.14. The first-order chi connectivity index (χ1) is 16.0. The van der Waals surface area contributed by atoms with Crippen LogP contribution in [0.3, 0.4) is 0 Å². The van der Waals surface area contributed by atoms with Gasteiger partial charge < -0.3 is 0 Å². The predicted octanol–water partition coefficient (Wildman–Crippen LogP) is 8.21. The number of benzene rings is 4. The van der Waals surface area contributed by atoms with Gasteiger partial charge in [0, 0.05) is 16.3 Å². The predicted molar refractivity (Wildman–Crippen MR) is 140 cm³/mol. The van der Waals surface area contributed by atoms with Gasteiger partial charge in [-0.2, -0.15) is 5.10 Å². The maximum Gasteiger partial charge on any atom is 0.0936 e. The smallest absolute Gasteiger partial charge is 0.0936 e. The number of rotatable bonds is 2. The minimum absolute atomic E-state index is 1.02. The summed E-state index contributed by atoms with van der Waals surface area (Å²) < 4.78 is 2.15. The Morgan fingerprint density at radius 1 is 0.515 bits per heavy atom. The van der Waals surface area contributed by atoms with Crippen LogP contribution in [0.15, 0.2) is 84.9 Å². The second-order valence-corrected chi connectivity index (χ2v) is 9.14. The third-order valence-corrected chi connectivity index (χ3v) is 7.02. The molecule has 0 saturated heterocycles. The zero-order valence-corrected chi connectivity index (χ0v) is 19.5. The first kappa shape index (κ1) is 19.8. The molecule has 0 saturated carbocycles. The molecule has 2 heterocycles. The molecule has 0 aliphatic heterocycles. The number of aryl methyl sites for hydroxylation is 4. The molecule has 0 atom stereocenters. The Bertz CT molecular complexity index is 1700. The molecule has 0 aliphatic carbocycles. The molecule has 0 amide bonds. The largest absolute Gasteiger partial charge is 0.232 e. The Kier molecular flexibility index (Phi) is 4.38. The highest BCUT2D eigenvalue weighted by atomic mass is 15.2. The minimum Gasteiger partial charge on any atom is -0.232 e. The molecular formula is C31H26N2. The van der Waals surface area contributed by atoms with Crippen molar-refractivity contribution in [1.82, 2.24) is 9.61 Å². The van der Waals surface area contributed by atoms with Crippen molar-refractivity contribution in [2.45, 2.75) is 27.7 Å². The molecule has 0 N–H and O–H groups in total. The first-order valence-corrected chi connectivity index (χ1v) is 11.5. The van der Waals surface area contributed by atoms with Crippen LogP contribution in [0.5, 0.6) is 0 Å². The lowest BCUT2D eigenvalue weighted by Gasteiger charge is -2.15. The van der Waals surface area contributed by atoms with E-state index in [9.17, 15) is 0 Å². The zero-order chi connectivity index (χ0) is 22.7. The summed E-state index contributed by atoms with van der Waals surface area (Å²) in [4.78, 5) is 0. The molecule has 2 nitrogen and oxygen atoms in total. The molecule has 0 unspecified atom stereocenters. The molecule has 6 aromatic rings. The summed E-state index contributed by atoms with van der Waals surface area (Å²) in [6.45, 7) is 8.74. The van der Waals surface area contributed by atoms with Gasteiger partial charge in [0.1, 0.15) is 0 Å². The lowest BCUT2D eigenvalue weighted by atomic mass is 9.92. The highest BCUT2D eigenvalue weighted by Crippen LogP contribution is 2.39. The summed E-state index contributed by atoms with van der Waals surface area (Å²) in [5.41, 5.74) is 12.2. The number of hydrogen-bond donors (Lipinski definition) is 0. The van der Waals surface area contributed by atoms with E-state index in [0.29, 0.717) is 0 Å². The molecule has 0 spiro atoms. The molecule has 4 aromatic carbocycles. The van der Waals surface area contributed by atoms with Crippen molar-refractivity contribution < 1.29 is 0 Å². The van der Waals surface area contributed by atoms with E-state index in [1.54, 1.807) is 0 Å². The van der Waals surface area contributed by atoms with E-state index in [0.717, 1.165) is 16.7 Å². The van der Waals surface area contributed by atoms with E-state index in [4.69, 9.17) is 5.10 Å². The van der Waals surface area contributed by atoms with Gasteiger partial charge in [-0.1, -0.05) is 66.7 Å². The van der Waals surface area contributed by atoms with Crippen LogP contribution in [0.4, 0.5) is 0 Å². The summed E-state index contributed by atoms with van der Waals surface area (Å²) in [5, 5.41) is 8.95. The number of hydrogen-bond acceptors (Lipinski definition) is 1. The average Bonchev–Trinajstić information content (AvgIpc) is 3.26. The molecular weight excluding hydrogens is 400 g/mol. The van der Waals surface area contributed by atoms with Crippen molar-refractivity contribution in [2.75, 3.05) is 0 Å². The van der Waals surface area contributed by atoms with Crippen LogP contribution >= 0.6 is 0 Å². The third kappa shape index (κ3) is 2.98. The lowest BCUT2D eigenvalue weighted by Crippen LogP contribution is -1.96. The molecule has 0 radical (unpaired) electrons. The second kappa shape index (κ2) is 7.31. The van der Waals surface area contributed by atoms with Crippen molar-refractivity contribution in [3.05, 3.63) is 107 Å². The number of pyridine rings is 1. The fraction of sp³-hybridized carbons (Fsp3) is 0.129. The van der Waals surface area contributed by atoms with Crippen LogP contribution in [0.2, 0.25) is 0 Å². The minimum atomic E-state index is 1.02. The Morgan fingerprint density at radius 2 is 1.12 bits per heavy atom. The van der Waals surface area contributed by atoms with Crippen LogP contribution in [0.1, 0.15) is 22.3 Å². The molecule has 2 heteroatoms. The molecule has 160 valence electrons. The summed E-state index contributed by atoms with van der Waals surface area (Å²) in [6, 6.07) is 30.7. The summed E-state index contributed by atoms with van der Waals surface area (Å²) >= 11 is 0. The van der Waals surface area contributed by atoms with Gasteiger partial charge in [0.05, 0.1) is 16.7 Å². The summed E-state index contributed by atoms with van der Waals surface area (Å²) in [6.07, 6.45) is 0. The molecule has 0 aliphatic rings. The van der Waals surface area contributed by atoms with E-state index >= 15 is 0 Å². The van der Waals surface area contributed by atoms with Crippen molar-refractivity contribution in [2.24, 2.45) is 0 Å². The fourth-order valence-corrected chi connectivity index (χ4v) is 5.08. The highest BCUT2D eigenvalue weighted by Gasteiger charge is 2.17. The van der Waals surface area contributed by atoms with Crippen molar-refractivity contribution in [1.29, 1.82) is 0 Å². The zero-order valence-electron chi connectivity index (χ0n) is 19.5. The number of fused-ring (bicyclic) bond motifs is 6. The van der Waals surface area contributed by atoms with E-state index in [1.165, 1.54) is 55.1 Å². The maximum atomic E-state index is 5.15. The normalized spacial score (nSPS) is 11.6. The molecule has 33 heavy (non-hydrogen) atoms. The van der Waals surface area contributed by atoms with E-state index in [1.807, 2.05) is 0 Å². The van der Waals surface area contributed by atoms with Crippen LogP contribution in [0.25, 0.3) is 49.6 Å². The van der Waals surface area contributed by atoms with Crippen molar-refractivity contribution >= 4 is 27.2 Å². The summed E-state index contributed by atoms with van der Waals surface area (Å²) in [7, 11) is 0. The lowest BCUT2D eigenvalue weighted by molar-refractivity contribution is 1.01. The van der Waals surface area contributed by atoms with Crippen LogP contribution < -0.4 is 0 Å².